The Kier molecular flexibility index (Phi) is 7.27. The monoisotopic (exact) mass is 474 g/mol. The van der Waals surface area contributed by atoms with Crippen molar-refractivity contribution in [2.45, 2.75) is 45.6 Å². The van der Waals surface area contributed by atoms with Crippen LogP contribution in [0.1, 0.15) is 39.1 Å². The second-order valence-electron chi connectivity index (χ2n) is 9.00. The van der Waals surface area contributed by atoms with Crippen LogP contribution in [0.15, 0.2) is 72.8 Å². The number of aromatic nitrogens is 2. The minimum atomic E-state index is -0.707. The van der Waals surface area contributed by atoms with Gasteiger partial charge in [-0.2, -0.15) is 11.8 Å². The Morgan fingerprint density at radius 2 is 1.68 bits per heavy atom. The third-order valence-electron chi connectivity index (χ3n) is 5.24. The van der Waals surface area contributed by atoms with Gasteiger partial charge in [-0.15, -0.1) is 0 Å². The van der Waals surface area contributed by atoms with Crippen LogP contribution < -0.4 is 4.74 Å². The fourth-order valence-electron chi connectivity index (χ4n) is 3.73. The molecule has 1 aromatic heterocycles. The van der Waals surface area contributed by atoms with Gasteiger partial charge in [-0.05, 0) is 55.9 Å². The Hall–Kier alpha value is -3.25. The maximum Gasteiger partial charge on any atom is 0.514 e. The molecule has 0 fully saturated rings. The third-order valence-corrected chi connectivity index (χ3v) is 6.11. The minimum Gasteiger partial charge on any atom is -0.428 e. The van der Waals surface area contributed by atoms with Crippen molar-refractivity contribution >= 4 is 29.0 Å². The van der Waals surface area contributed by atoms with E-state index in [1.54, 1.807) is 6.07 Å². The van der Waals surface area contributed by atoms with Gasteiger partial charge in [-0.3, -0.25) is 0 Å². The van der Waals surface area contributed by atoms with Crippen molar-refractivity contribution in [3.63, 3.8) is 0 Å². The number of carbonyl (C=O) groups excluding carboxylic acids is 1. The van der Waals surface area contributed by atoms with Crippen LogP contribution in [-0.4, -0.2) is 27.1 Å². The van der Waals surface area contributed by atoms with Gasteiger partial charge in [0.2, 0.25) is 0 Å². The van der Waals surface area contributed by atoms with Crippen LogP contribution in [0.3, 0.4) is 0 Å². The van der Waals surface area contributed by atoms with Crippen molar-refractivity contribution in [1.82, 2.24) is 9.55 Å². The maximum absolute atomic E-state index is 12.2. The number of rotatable bonds is 7. The lowest BCUT2D eigenvalue weighted by atomic mass is 10.0. The molecule has 0 aliphatic carbocycles. The Labute approximate surface area is 205 Å². The molecular formula is C28H30N2O3S. The molecule has 0 aliphatic rings. The average Bonchev–Trinajstić information content (AvgIpc) is 3.14. The van der Waals surface area contributed by atoms with E-state index in [1.165, 1.54) is 5.56 Å². The lowest BCUT2D eigenvalue weighted by Crippen LogP contribution is -2.26. The number of thioether (sulfide) groups is 1. The van der Waals surface area contributed by atoms with Gasteiger partial charge in [-0.1, -0.05) is 61.5 Å². The van der Waals surface area contributed by atoms with Crippen LogP contribution in [0.4, 0.5) is 4.79 Å². The molecule has 0 aliphatic heterocycles. The van der Waals surface area contributed by atoms with Crippen LogP contribution in [0, 0.1) is 0 Å². The number of ether oxygens (including phenoxy) is 2. The molecule has 0 bridgehead atoms. The largest absolute Gasteiger partial charge is 0.514 e. The Morgan fingerprint density at radius 1 is 0.971 bits per heavy atom. The van der Waals surface area contributed by atoms with Gasteiger partial charge >= 0.3 is 6.16 Å². The highest BCUT2D eigenvalue weighted by atomic mass is 32.2. The van der Waals surface area contributed by atoms with E-state index in [1.807, 2.05) is 56.8 Å². The van der Waals surface area contributed by atoms with Crippen molar-refractivity contribution in [3.8, 4) is 16.9 Å². The van der Waals surface area contributed by atoms with Crippen molar-refractivity contribution in [2.75, 3.05) is 5.75 Å². The molecule has 0 unspecified atom stereocenters. The number of para-hydroxylation sites is 3. The zero-order valence-electron chi connectivity index (χ0n) is 20.1. The molecule has 0 spiro atoms. The molecular weight excluding hydrogens is 444 g/mol. The topological polar surface area (TPSA) is 53.4 Å². The predicted molar refractivity (Wildman–Crippen MR) is 139 cm³/mol. The number of carbonyl (C=O) groups is 1. The number of hydrogen-bond donors (Lipinski definition) is 0. The van der Waals surface area contributed by atoms with Crippen molar-refractivity contribution in [2.24, 2.45) is 0 Å². The first-order valence-corrected chi connectivity index (χ1v) is 12.6. The number of hydrogen-bond acceptors (Lipinski definition) is 5. The highest BCUT2D eigenvalue weighted by Crippen LogP contribution is 2.31. The van der Waals surface area contributed by atoms with E-state index >= 15 is 0 Å². The molecule has 0 saturated carbocycles. The molecule has 3 aromatic carbocycles. The zero-order chi connectivity index (χ0) is 24.1. The molecule has 5 nitrogen and oxygen atoms in total. The van der Waals surface area contributed by atoms with Gasteiger partial charge in [0.05, 0.1) is 16.8 Å². The summed E-state index contributed by atoms with van der Waals surface area (Å²) in [6.07, 6.45) is -0.707. The number of benzene rings is 3. The van der Waals surface area contributed by atoms with Crippen LogP contribution in [0.25, 0.3) is 22.2 Å². The molecule has 4 rings (SSSR count). The number of imidazole rings is 1. The molecule has 0 N–H and O–H groups in total. The summed E-state index contributed by atoms with van der Waals surface area (Å²) in [5.74, 6) is 3.51. The second kappa shape index (κ2) is 10.3. The van der Waals surface area contributed by atoms with Crippen molar-refractivity contribution in [1.29, 1.82) is 0 Å². The normalized spacial score (nSPS) is 11.5. The summed E-state index contributed by atoms with van der Waals surface area (Å²) in [6, 6.07) is 24.1. The van der Waals surface area contributed by atoms with Crippen LogP contribution in [-0.2, 0) is 17.0 Å². The Bertz CT molecular complexity index is 1270. The summed E-state index contributed by atoms with van der Waals surface area (Å²) in [7, 11) is 0. The highest BCUT2D eigenvalue weighted by molar-refractivity contribution is 7.98. The SMILES string of the molecule is CCSCc1nc2ccccc2n1Cc1ccc(-c2ccccc2OC(=O)OC(C)(C)C)cc1. The maximum atomic E-state index is 12.2. The van der Waals surface area contributed by atoms with Gasteiger partial charge in [0.1, 0.15) is 17.2 Å². The van der Waals surface area contributed by atoms with E-state index in [9.17, 15) is 4.79 Å². The third kappa shape index (κ3) is 5.81. The van der Waals surface area contributed by atoms with E-state index in [0.717, 1.165) is 46.0 Å². The van der Waals surface area contributed by atoms with Gasteiger partial charge in [-0.25, -0.2) is 9.78 Å². The molecule has 0 saturated heterocycles. The van der Waals surface area contributed by atoms with Crippen molar-refractivity contribution < 1.29 is 14.3 Å². The smallest absolute Gasteiger partial charge is 0.428 e. The van der Waals surface area contributed by atoms with Gasteiger partial charge in [0, 0.05) is 12.1 Å². The summed E-state index contributed by atoms with van der Waals surface area (Å²) < 4.78 is 13.1. The lowest BCUT2D eigenvalue weighted by Gasteiger charge is -2.19. The van der Waals surface area contributed by atoms with Gasteiger partial charge in [0.25, 0.3) is 0 Å². The predicted octanol–water partition coefficient (Wildman–Crippen LogP) is 7.32. The molecule has 34 heavy (non-hydrogen) atoms. The van der Waals surface area contributed by atoms with Gasteiger partial charge in [0.15, 0.2) is 0 Å². The fourth-order valence-corrected chi connectivity index (χ4v) is 4.34. The summed E-state index contributed by atoms with van der Waals surface area (Å²) in [5, 5.41) is 0. The average molecular weight is 475 g/mol. The summed E-state index contributed by atoms with van der Waals surface area (Å²) >= 11 is 1.88. The molecule has 1 heterocycles. The molecule has 0 atom stereocenters. The number of fused-ring (bicyclic) bond motifs is 1. The molecule has 0 amide bonds. The van der Waals surface area contributed by atoms with Crippen LogP contribution >= 0.6 is 11.8 Å². The Morgan fingerprint density at radius 3 is 2.41 bits per heavy atom. The standard InChI is InChI=1S/C28H30N2O3S/c1-5-34-19-26-29-23-11-7-8-12-24(23)30(26)18-20-14-16-21(17-15-20)22-10-6-9-13-25(22)32-27(31)33-28(2,3)4/h6-17H,5,18-19H2,1-4H3. The van der Waals surface area contributed by atoms with Crippen molar-refractivity contribution in [3.05, 3.63) is 84.2 Å². The van der Waals surface area contributed by atoms with E-state index < -0.39 is 11.8 Å². The van der Waals surface area contributed by atoms with Crippen LogP contribution in [0.2, 0.25) is 0 Å². The summed E-state index contributed by atoms with van der Waals surface area (Å²) in [6.45, 7) is 8.36. The quantitative estimate of drug-likeness (QED) is 0.207. The van der Waals surface area contributed by atoms with E-state index in [-0.39, 0.29) is 0 Å². The molecule has 0 radical (unpaired) electrons. The van der Waals surface area contributed by atoms with E-state index in [4.69, 9.17) is 14.5 Å². The minimum absolute atomic E-state index is 0.476. The zero-order valence-corrected chi connectivity index (χ0v) is 20.9. The second-order valence-corrected chi connectivity index (χ2v) is 10.3. The highest BCUT2D eigenvalue weighted by Gasteiger charge is 2.19. The molecule has 4 aromatic rings. The summed E-state index contributed by atoms with van der Waals surface area (Å²) in [5.41, 5.74) is 4.56. The fraction of sp³-hybridized carbons (Fsp3) is 0.286. The molecule has 6 heteroatoms. The first-order chi connectivity index (χ1) is 16.3. The summed E-state index contributed by atoms with van der Waals surface area (Å²) in [4.78, 5) is 17.1. The lowest BCUT2D eigenvalue weighted by molar-refractivity contribution is 0.0207. The van der Waals surface area contributed by atoms with Crippen LogP contribution in [0.5, 0.6) is 5.75 Å². The van der Waals surface area contributed by atoms with Gasteiger partial charge < -0.3 is 14.0 Å². The van der Waals surface area contributed by atoms with E-state index in [0.29, 0.717) is 5.75 Å². The van der Waals surface area contributed by atoms with E-state index in [2.05, 4.69) is 54.0 Å². The number of nitrogens with zero attached hydrogens (tertiary/aromatic N) is 2. The first-order valence-electron chi connectivity index (χ1n) is 11.4. The molecule has 176 valence electrons. The first kappa shape index (κ1) is 23.9. The Balaban J connectivity index is 1.57.